The minimum absolute atomic E-state index is 0.348. The lowest BCUT2D eigenvalue weighted by atomic mass is 10.2. The summed E-state index contributed by atoms with van der Waals surface area (Å²) in [5.74, 6) is 0. The van der Waals surface area contributed by atoms with Gasteiger partial charge in [0.25, 0.3) is 0 Å². The first-order chi connectivity index (χ1) is 9.46. The Hall–Kier alpha value is -0.720. The minimum atomic E-state index is -3.37. The number of nitrogens with zero attached hydrogens (tertiary/aromatic N) is 1. The van der Waals surface area contributed by atoms with Gasteiger partial charge in [-0.25, -0.2) is 8.42 Å². The Morgan fingerprint density at radius 2 is 1.95 bits per heavy atom. The number of hydrogen-bond donors (Lipinski definition) is 1. The average molecular weight is 312 g/mol. The van der Waals surface area contributed by atoms with E-state index in [1.165, 1.54) is 5.56 Å². The molecule has 20 heavy (non-hydrogen) atoms. The predicted octanol–water partition coefficient (Wildman–Crippen LogP) is 2.17. The topological polar surface area (TPSA) is 49.4 Å². The van der Waals surface area contributed by atoms with E-state index in [1.54, 1.807) is 16.4 Å². The van der Waals surface area contributed by atoms with E-state index in [0.29, 0.717) is 28.5 Å². The molecular weight excluding hydrogens is 292 g/mol. The summed E-state index contributed by atoms with van der Waals surface area (Å²) < 4.78 is 27.2. The van der Waals surface area contributed by atoms with Crippen molar-refractivity contribution in [1.82, 2.24) is 4.31 Å². The molecule has 1 aromatic rings. The second-order valence-electron chi connectivity index (χ2n) is 5.58. The number of hydrogen-bond acceptors (Lipinski definition) is 4. The first kappa shape index (κ1) is 14.2. The fourth-order valence-corrected chi connectivity index (χ4v) is 6.07. The molecule has 2 heterocycles. The van der Waals surface area contributed by atoms with E-state index in [9.17, 15) is 8.42 Å². The van der Waals surface area contributed by atoms with Crippen molar-refractivity contribution in [2.75, 3.05) is 25.0 Å². The predicted molar refractivity (Wildman–Crippen MR) is 83.9 cm³/mol. The summed E-state index contributed by atoms with van der Waals surface area (Å²) in [6, 6.07) is 5.47. The van der Waals surface area contributed by atoms with E-state index in [1.807, 2.05) is 17.8 Å². The number of benzene rings is 1. The standard InChI is InChI=1S/C14H20N2O2S2/c1-10-8-16(9-11(2)19-10)20(17,18)13-4-3-12-5-6-15-14(12)7-13/h3-4,7,10-11,15H,5-6,8-9H2,1-2H3. The molecule has 6 heteroatoms. The van der Waals surface area contributed by atoms with Crippen LogP contribution in [0.5, 0.6) is 0 Å². The maximum atomic E-state index is 12.8. The van der Waals surface area contributed by atoms with Gasteiger partial charge in [0, 0.05) is 35.8 Å². The van der Waals surface area contributed by atoms with Gasteiger partial charge in [0.1, 0.15) is 0 Å². The Labute approximate surface area is 125 Å². The Morgan fingerprint density at radius 1 is 1.25 bits per heavy atom. The third-order valence-corrected chi connectivity index (χ3v) is 6.87. The minimum Gasteiger partial charge on any atom is -0.384 e. The zero-order valence-electron chi connectivity index (χ0n) is 11.8. The molecule has 0 saturated carbocycles. The van der Waals surface area contributed by atoms with Crippen LogP contribution in [-0.4, -0.2) is 42.9 Å². The SMILES string of the molecule is CC1CN(S(=O)(=O)c2ccc3c(c2)NCC3)CC(C)S1. The van der Waals surface area contributed by atoms with E-state index in [2.05, 4.69) is 19.2 Å². The van der Waals surface area contributed by atoms with Crippen LogP contribution in [-0.2, 0) is 16.4 Å². The largest absolute Gasteiger partial charge is 0.384 e. The van der Waals surface area contributed by atoms with E-state index in [4.69, 9.17) is 0 Å². The van der Waals surface area contributed by atoms with Gasteiger partial charge in [-0.15, -0.1) is 0 Å². The number of fused-ring (bicyclic) bond motifs is 1. The van der Waals surface area contributed by atoms with Gasteiger partial charge in [0.15, 0.2) is 0 Å². The molecule has 4 nitrogen and oxygen atoms in total. The molecule has 110 valence electrons. The van der Waals surface area contributed by atoms with Crippen molar-refractivity contribution >= 4 is 27.5 Å². The Bertz CT molecular complexity index is 606. The number of sulfonamides is 1. The van der Waals surface area contributed by atoms with Crippen LogP contribution in [0.2, 0.25) is 0 Å². The van der Waals surface area contributed by atoms with Gasteiger partial charge in [-0.05, 0) is 24.1 Å². The van der Waals surface area contributed by atoms with E-state index >= 15 is 0 Å². The van der Waals surface area contributed by atoms with Gasteiger partial charge in [-0.3, -0.25) is 0 Å². The molecule has 1 fully saturated rings. The highest BCUT2D eigenvalue weighted by molar-refractivity contribution is 8.00. The van der Waals surface area contributed by atoms with Crippen LogP contribution < -0.4 is 5.32 Å². The lowest BCUT2D eigenvalue weighted by molar-refractivity contribution is 0.405. The van der Waals surface area contributed by atoms with Gasteiger partial charge < -0.3 is 5.32 Å². The molecule has 0 radical (unpaired) electrons. The van der Waals surface area contributed by atoms with E-state index in [0.717, 1.165) is 18.7 Å². The summed E-state index contributed by atoms with van der Waals surface area (Å²) in [6.45, 7) is 6.27. The van der Waals surface area contributed by atoms with Crippen molar-refractivity contribution in [1.29, 1.82) is 0 Å². The zero-order chi connectivity index (χ0) is 14.3. The molecule has 3 rings (SSSR count). The summed E-state index contributed by atoms with van der Waals surface area (Å²) in [5, 5.41) is 3.94. The van der Waals surface area contributed by atoms with Crippen molar-refractivity contribution in [3.8, 4) is 0 Å². The molecule has 2 aliphatic heterocycles. The molecule has 0 aromatic heterocycles. The highest BCUT2D eigenvalue weighted by atomic mass is 32.2. The van der Waals surface area contributed by atoms with Crippen LogP contribution in [0.3, 0.4) is 0 Å². The number of nitrogens with one attached hydrogen (secondary N) is 1. The highest BCUT2D eigenvalue weighted by Gasteiger charge is 2.32. The summed E-state index contributed by atoms with van der Waals surface area (Å²) >= 11 is 1.86. The van der Waals surface area contributed by atoms with Crippen molar-refractivity contribution in [2.24, 2.45) is 0 Å². The van der Waals surface area contributed by atoms with Gasteiger partial charge >= 0.3 is 0 Å². The zero-order valence-corrected chi connectivity index (χ0v) is 13.4. The molecule has 1 saturated heterocycles. The van der Waals surface area contributed by atoms with Crippen molar-refractivity contribution in [3.63, 3.8) is 0 Å². The lowest BCUT2D eigenvalue weighted by Gasteiger charge is -2.33. The van der Waals surface area contributed by atoms with Gasteiger partial charge in [0.05, 0.1) is 4.90 Å². The van der Waals surface area contributed by atoms with Crippen LogP contribution in [0.4, 0.5) is 5.69 Å². The second kappa shape index (κ2) is 5.24. The number of anilines is 1. The van der Waals surface area contributed by atoms with E-state index in [-0.39, 0.29) is 0 Å². The van der Waals surface area contributed by atoms with Crippen LogP contribution in [0, 0.1) is 0 Å². The third kappa shape index (κ3) is 2.56. The lowest BCUT2D eigenvalue weighted by Crippen LogP contribution is -2.43. The van der Waals surface area contributed by atoms with Crippen molar-refractivity contribution in [2.45, 2.75) is 35.7 Å². The summed E-state index contributed by atoms with van der Waals surface area (Å²) in [4.78, 5) is 0.414. The molecule has 0 amide bonds. The first-order valence-corrected chi connectivity index (χ1v) is 9.37. The molecule has 0 bridgehead atoms. The molecule has 0 aliphatic carbocycles. The van der Waals surface area contributed by atoms with Crippen LogP contribution in [0.25, 0.3) is 0 Å². The summed E-state index contributed by atoms with van der Waals surface area (Å²) in [7, 11) is -3.37. The second-order valence-corrected chi connectivity index (χ2v) is 9.39. The Morgan fingerprint density at radius 3 is 2.65 bits per heavy atom. The normalized spacial score (nSPS) is 27.1. The smallest absolute Gasteiger partial charge is 0.243 e. The summed E-state index contributed by atoms with van der Waals surface area (Å²) in [5.41, 5.74) is 2.18. The van der Waals surface area contributed by atoms with Crippen LogP contribution >= 0.6 is 11.8 Å². The Balaban J connectivity index is 1.91. The molecule has 2 atom stereocenters. The fourth-order valence-electron chi connectivity index (χ4n) is 2.91. The monoisotopic (exact) mass is 312 g/mol. The third-order valence-electron chi connectivity index (χ3n) is 3.82. The van der Waals surface area contributed by atoms with Crippen molar-refractivity contribution in [3.05, 3.63) is 23.8 Å². The van der Waals surface area contributed by atoms with Gasteiger partial charge in [-0.2, -0.15) is 16.1 Å². The summed E-state index contributed by atoms with van der Waals surface area (Å²) in [6.07, 6.45) is 0.976. The fraction of sp³-hybridized carbons (Fsp3) is 0.571. The molecule has 1 N–H and O–H groups in total. The maximum Gasteiger partial charge on any atom is 0.243 e. The molecule has 1 aromatic carbocycles. The van der Waals surface area contributed by atoms with Gasteiger partial charge in [-0.1, -0.05) is 19.9 Å². The maximum absolute atomic E-state index is 12.8. The van der Waals surface area contributed by atoms with E-state index < -0.39 is 10.0 Å². The van der Waals surface area contributed by atoms with Gasteiger partial charge in [0.2, 0.25) is 10.0 Å². The Kier molecular flexibility index (Phi) is 3.73. The molecule has 0 spiro atoms. The van der Waals surface area contributed by atoms with Crippen molar-refractivity contribution < 1.29 is 8.42 Å². The average Bonchev–Trinajstić information content (AvgIpc) is 2.84. The van der Waals surface area contributed by atoms with Crippen LogP contribution in [0.1, 0.15) is 19.4 Å². The van der Waals surface area contributed by atoms with Crippen LogP contribution in [0.15, 0.2) is 23.1 Å². The first-order valence-electron chi connectivity index (χ1n) is 6.99. The molecule has 2 unspecified atom stereocenters. The number of thioether (sulfide) groups is 1. The molecular formula is C14H20N2O2S2. The highest BCUT2D eigenvalue weighted by Crippen LogP contribution is 2.31. The number of rotatable bonds is 2. The molecule has 2 aliphatic rings. The quantitative estimate of drug-likeness (QED) is 0.909.